The molecular weight excluding hydrogens is 406 g/mol. The Bertz CT molecular complexity index is 416. The first-order valence-electron chi connectivity index (χ1n) is 4.87. The van der Waals surface area contributed by atoms with Crippen LogP contribution in [0.15, 0.2) is 39.2 Å². The molecule has 0 amide bonds. The van der Waals surface area contributed by atoms with Crippen molar-refractivity contribution < 1.29 is 49.2 Å². The van der Waals surface area contributed by atoms with Crippen molar-refractivity contribution in [1.82, 2.24) is 0 Å². The summed E-state index contributed by atoms with van der Waals surface area (Å²) in [5, 5.41) is 0. The van der Waals surface area contributed by atoms with Crippen molar-refractivity contribution in [2.24, 2.45) is 0 Å². The fraction of sp³-hybridized carbons (Fsp3) is 0.231. The van der Waals surface area contributed by atoms with E-state index in [0.29, 0.717) is 0 Å². The average molecular weight is 419 g/mol. The minimum atomic E-state index is 0. The van der Waals surface area contributed by atoms with Crippen LogP contribution < -0.4 is 24.8 Å². The van der Waals surface area contributed by atoms with Crippen LogP contribution in [0.4, 0.5) is 0 Å². The van der Waals surface area contributed by atoms with Gasteiger partial charge in [0, 0.05) is 0 Å². The summed E-state index contributed by atoms with van der Waals surface area (Å²) < 4.78 is 1.64. The Morgan fingerprint density at radius 3 is 2.00 bits per heavy atom. The number of hydrogen-bond acceptors (Lipinski definition) is 0. The smallest absolute Gasteiger partial charge is 1.00 e. The summed E-state index contributed by atoms with van der Waals surface area (Å²) in [6.45, 7) is 4.38. The number of rotatable bonds is 1. The summed E-state index contributed by atoms with van der Waals surface area (Å²) in [5.74, 6) is 0. The summed E-state index contributed by atoms with van der Waals surface area (Å²) in [5.41, 5.74) is 5.68. The maximum Gasteiger partial charge on any atom is -1.00 e. The molecule has 0 fully saturated rings. The molecule has 0 saturated heterocycles. The Hall–Kier alpha value is 0.150. The van der Waals surface area contributed by atoms with Gasteiger partial charge in [0.25, 0.3) is 0 Å². The van der Waals surface area contributed by atoms with Crippen LogP contribution in [0.1, 0.15) is 24.5 Å². The van der Waals surface area contributed by atoms with Crippen LogP contribution in [0.25, 0.3) is 5.57 Å². The molecule has 1 aliphatic carbocycles. The van der Waals surface area contributed by atoms with Crippen molar-refractivity contribution in [3.05, 3.63) is 50.4 Å². The van der Waals surface area contributed by atoms with Crippen LogP contribution in [0, 0.1) is 6.92 Å². The van der Waals surface area contributed by atoms with Crippen LogP contribution in [0.5, 0.6) is 0 Å². The first-order valence-corrected chi connectivity index (χ1v) is 6.67. The maximum atomic E-state index is 2.36. The van der Waals surface area contributed by atoms with E-state index in [1.54, 1.807) is 3.33 Å². The van der Waals surface area contributed by atoms with Gasteiger partial charge in [-0.25, -0.2) is 0 Å². The quantitative estimate of drug-likeness (QED) is 0.447. The number of halogens is 2. The summed E-state index contributed by atoms with van der Waals surface area (Å²) in [6.07, 6.45) is 3.55. The molecule has 16 heavy (non-hydrogen) atoms. The van der Waals surface area contributed by atoms with Crippen LogP contribution in [0.3, 0.4) is 0 Å². The normalized spacial score (nSPS) is 14.1. The van der Waals surface area contributed by atoms with Crippen LogP contribution in [-0.4, -0.2) is 0 Å². The van der Waals surface area contributed by atoms with Crippen molar-refractivity contribution in [3.63, 3.8) is 0 Å². The zero-order valence-corrected chi connectivity index (χ0v) is 14.5. The van der Waals surface area contributed by atoms with E-state index in [-0.39, 0.29) is 24.8 Å². The fourth-order valence-corrected chi connectivity index (χ4v) is 2.59. The van der Waals surface area contributed by atoms with Gasteiger partial charge >= 0.3 is 101 Å². The van der Waals surface area contributed by atoms with Gasteiger partial charge in [-0.1, -0.05) is 0 Å². The van der Waals surface area contributed by atoms with Crippen LogP contribution >= 0.6 is 0 Å². The van der Waals surface area contributed by atoms with Crippen LogP contribution in [-0.2, 0) is 24.4 Å². The van der Waals surface area contributed by atoms with Gasteiger partial charge in [0.1, 0.15) is 0 Å². The predicted molar refractivity (Wildman–Crippen MR) is 56.5 cm³/mol. The number of allylic oxidation sites excluding steroid dienone is 4. The molecule has 1 aliphatic rings. The summed E-state index contributed by atoms with van der Waals surface area (Å²) in [7, 11) is 0. The van der Waals surface area contributed by atoms with Gasteiger partial charge in [-0.2, -0.15) is 0 Å². The van der Waals surface area contributed by atoms with Gasteiger partial charge in [0.2, 0.25) is 0 Å². The van der Waals surface area contributed by atoms with Gasteiger partial charge in [-0.15, -0.1) is 0 Å². The molecule has 0 spiro atoms. The van der Waals surface area contributed by atoms with Gasteiger partial charge in [0.05, 0.1) is 0 Å². The van der Waals surface area contributed by atoms with Crippen molar-refractivity contribution >= 4 is 5.57 Å². The Balaban J connectivity index is 0.00000112. The van der Waals surface area contributed by atoms with Crippen molar-refractivity contribution in [1.29, 1.82) is 0 Å². The number of benzene rings is 1. The molecule has 2 rings (SSSR count). The molecule has 83 valence electrons. The third-order valence-corrected chi connectivity index (χ3v) is 4.81. The van der Waals surface area contributed by atoms with E-state index >= 15 is 0 Å². The topological polar surface area (TPSA) is 0 Å². The Morgan fingerprint density at radius 1 is 1.00 bits per heavy atom. The zero-order valence-electron chi connectivity index (χ0n) is 9.35. The van der Waals surface area contributed by atoms with E-state index < -0.39 is 0 Å². The molecule has 3 heteroatoms. The van der Waals surface area contributed by atoms with E-state index in [4.69, 9.17) is 0 Å². The molecular formula is C13H13Cl2Hf. The summed E-state index contributed by atoms with van der Waals surface area (Å²) in [4.78, 5) is 0. The molecule has 0 nitrogen and oxygen atoms in total. The molecule has 0 heterocycles. The second kappa shape index (κ2) is 6.78. The summed E-state index contributed by atoms with van der Waals surface area (Å²) >= 11 is 1.20. The molecule has 0 saturated carbocycles. The molecule has 0 bridgehead atoms. The second-order valence-electron chi connectivity index (χ2n) is 3.79. The van der Waals surface area contributed by atoms with Crippen molar-refractivity contribution in [2.75, 3.05) is 0 Å². The molecule has 0 radical (unpaired) electrons. The molecule has 1 aromatic rings. The van der Waals surface area contributed by atoms with Gasteiger partial charge in [0.15, 0.2) is 0 Å². The molecule has 0 unspecified atom stereocenters. The van der Waals surface area contributed by atoms with Gasteiger partial charge < -0.3 is 24.8 Å². The van der Waals surface area contributed by atoms with E-state index in [1.807, 2.05) is 0 Å². The zero-order chi connectivity index (χ0) is 10.1. The summed E-state index contributed by atoms with van der Waals surface area (Å²) in [6, 6.07) is 8.83. The minimum Gasteiger partial charge on any atom is -1.00 e. The average Bonchev–Trinajstić information content (AvgIpc) is 2.50. The first kappa shape index (κ1) is 16.2. The maximum absolute atomic E-state index is 2.36. The Kier molecular flexibility index (Phi) is 6.84. The molecule has 0 N–H and O–H groups in total. The van der Waals surface area contributed by atoms with E-state index in [0.717, 1.165) is 0 Å². The monoisotopic (exact) mass is 419 g/mol. The number of hydrogen-bond donors (Lipinski definition) is 0. The molecule has 0 atom stereocenters. The largest absolute Gasteiger partial charge is 1.00 e. The third-order valence-electron chi connectivity index (χ3n) is 2.73. The Labute approximate surface area is 125 Å². The van der Waals surface area contributed by atoms with Gasteiger partial charge in [-0.3, -0.25) is 0 Å². The van der Waals surface area contributed by atoms with Crippen molar-refractivity contribution in [3.8, 4) is 0 Å². The molecule has 0 aliphatic heterocycles. The van der Waals surface area contributed by atoms with E-state index in [1.165, 1.54) is 53.1 Å². The molecule has 0 aromatic heterocycles. The Morgan fingerprint density at radius 2 is 1.56 bits per heavy atom. The third kappa shape index (κ3) is 3.32. The van der Waals surface area contributed by atoms with Crippen LogP contribution in [0.2, 0.25) is 0 Å². The van der Waals surface area contributed by atoms with Gasteiger partial charge in [-0.05, 0) is 0 Å². The number of aryl methyl sites for hydroxylation is 1. The van der Waals surface area contributed by atoms with Crippen molar-refractivity contribution in [2.45, 2.75) is 20.3 Å². The predicted octanol–water partition coefficient (Wildman–Crippen LogP) is -2.39. The molecule has 1 aromatic carbocycles. The first-order chi connectivity index (χ1) is 6.68. The SMILES string of the molecule is CC1=[C]([Hf+2])CC=C1c1ccc(C)cc1.[Cl-].[Cl-]. The second-order valence-corrected chi connectivity index (χ2v) is 5.96. The standard InChI is InChI=1S/C13H13.2ClH.Hf/c1-10-6-8-12(9-7-10)13-5-3-4-11(13)2;;;/h5-9H,3H2,1-2H3;2*1H;/q;;;+2/p-2. The minimum absolute atomic E-state index is 0. The van der Waals surface area contributed by atoms with E-state index in [9.17, 15) is 0 Å². The fourth-order valence-electron chi connectivity index (χ4n) is 1.74. The van der Waals surface area contributed by atoms with E-state index in [2.05, 4.69) is 44.2 Å².